The fraction of sp³-hybridized carbons (Fsp3) is 0.846. The van der Waals surface area contributed by atoms with E-state index in [2.05, 4.69) is 5.32 Å². The molecule has 0 bridgehead atoms. The number of rotatable bonds is 5. The minimum absolute atomic E-state index is 0.0134. The van der Waals surface area contributed by atoms with Gasteiger partial charge in [0.2, 0.25) is 11.8 Å². The van der Waals surface area contributed by atoms with Crippen LogP contribution in [-0.2, 0) is 9.59 Å². The molecule has 1 aliphatic heterocycles. The smallest absolute Gasteiger partial charge is 0.241 e. The molecule has 2 amide bonds. The Kier molecular flexibility index (Phi) is 6.12. The zero-order valence-corrected chi connectivity index (χ0v) is 11.7. The molecule has 18 heavy (non-hydrogen) atoms. The average molecular weight is 255 g/mol. The van der Waals surface area contributed by atoms with E-state index < -0.39 is 0 Å². The van der Waals surface area contributed by atoms with E-state index in [9.17, 15) is 9.59 Å². The number of nitrogens with zero attached hydrogens (tertiary/aromatic N) is 2. The van der Waals surface area contributed by atoms with E-state index >= 15 is 0 Å². The Hall–Kier alpha value is -1.10. The largest absolute Gasteiger partial charge is 0.347 e. The van der Waals surface area contributed by atoms with Gasteiger partial charge >= 0.3 is 0 Å². The van der Waals surface area contributed by atoms with Crippen molar-refractivity contribution in [3.05, 3.63) is 0 Å². The summed E-state index contributed by atoms with van der Waals surface area (Å²) in [6, 6.07) is 0. The summed E-state index contributed by atoms with van der Waals surface area (Å²) in [5.74, 6) is 0.153. The van der Waals surface area contributed by atoms with Crippen molar-refractivity contribution in [2.45, 2.75) is 26.2 Å². The van der Waals surface area contributed by atoms with Gasteiger partial charge in [0.15, 0.2) is 0 Å². The third kappa shape index (κ3) is 4.29. The van der Waals surface area contributed by atoms with E-state index in [1.165, 1.54) is 4.90 Å². The molecule has 1 aliphatic rings. The van der Waals surface area contributed by atoms with Crippen molar-refractivity contribution in [3.63, 3.8) is 0 Å². The quantitative estimate of drug-likeness (QED) is 0.769. The van der Waals surface area contributed by atoms with E-state index in [0.29, 0.717) is 6.54 Å². The second-order valence-corrected chi connectivity index (χ2v) is 5.09. The third-order valence-electron chi connectivity index (χ3n) is 3.28. The standard InChI is InChI=1S/C13H25N3O2/c1-4-8-16(10-12(17)15(2)3)13(18)11-6-5-7-14-9-11/h11,14H,4-10H2,1-3H3. The lowest BCUT2D eigenvalue weighted by Gasteiger charge is -2.29. The number of carbonyl (C=O) groups is 2. The molecule has 104 valence electrons. The number of amides is 2. The highest BCUT2D eigenvalue weighted by atomic mass is 16.2. The van der Waals surface area contributed by atoms with Gasteiger partial charge in [-0.3, -0.25) is 9.59 Å². The van der Waals surface area contributed by atoms with Crippen LogP contribution in [0.3, 0.4) is 0 Å². The first-order chi connectivity index (χ1) is 8.56. The lowest BCUT2D eigenvalue weighted by atomic mass is 9.98. The summed E-state index contributed by atoms with van der Waals surface area (Å²) in [5.41, 5.74) is 0. The molecule has 1 N–H and O–H groups in total. The van der Waals surface area contributed by atoms with Crippen LogP contribution in [0.1, 0.15) is 26.2 Å². The van der Waals surface area contributed by atoms with Crippen LogP contribution < -0.4 is 5.32 Å². The fourth-order valence-corrected chi connectivity index (χ4v) is 2.16. The number of hydrogen-bond acceptors (Lipinski definition) is 3. The van der Waals surface area contributed by atoms with Crippen molar-refractivity contribution in [1.29, 1.82) is 0 Å². The Morgan fingerprint density at radius 2 is 2.06 bits per heavy atom. The van der Waals surface area contributed by atoms with Gasteiger partial charge in [0.05, 0.1) is 12.5 Å². The van der Waals surface area contributed by atoms with Gasteiger partial charge in [-0.2, -0.15) is 0 Å². The first-order valence-electron chi connectivity index (χ1n) is 6.76. The maximum absolute atomic E-state index is 12.4. The molecule has 1 atom stereocenters. The molecule has 0 radical (unpaired) electrons. The molecule has 0 aliphatic carbocycles. The van der Waals surface area contributed by atoms with Crippen LogP contribution in [0.4, 0.5) is 0 Å². The molecule has 0 aromatic rings. The van der Waals surface area contributed by atoms with Gasteiger partial charge in [0.25, 0.3) is 0 Å². The van der Waals surface area contributed by atoms with Crippen molar-refractivity contribution in [1.82, 2.24) is 15.1 Å². The summed E-state index contributed by atoms with van der Waals surface area (Å²) < 4.78 is 0. The lowest BCUT2D eigenvalue weighted by molar-refractivity contribution is -0.142. The summed E-state index contributed by atoms with van der Waals surface area (Å²) in [4.78, 5) is 27.3. The van der Waals surface area contributed by atoms with E-state index in [0.717, 1.165) is 32.4 Å². The Morgan fingerprint density at radius 3 is 2.56 bits per heavy atom. The van der Waals surface area contributed by atoms with Crippen LogP contribution in [0.5, 0.6) is 0 Å². The zero-order chi connectivity index (χ0) is 13.5. The van der Waals surface area contributed by atoms with Gasteiger partial charge in [-0.15, -0.1) is 0 Å². The van der Waals surface area contributed by atoms with Crippen molar-refractivity contribution < 1.29 is 9.59 Å². The van der Waals surface area contributed by atoms with Crippen LogP contribution in [0.2, 0.25) is 0 Å². The van der Waals surface area contributed by atoms with Gasteiger partial charge in [-0.25, -0.2) is 0 Å². The summed E-state index contributed by atoms with van der Waals surface area (Å²) in [6.07, 6.45) is 2.85. The van der Waals surface area contributed by atoms with Crippen LogP contribution in [0.15, 0.2) is 0 Å². The molecular weight excluding hydrogens is 230 g/mol. The zero-order valence-electron chi connectivity index (χ0n) is 11.7. The van der Waals surface area contributed by atoms with Crippen LogP contribution >= 0.6 is 0 Å². The maximum atomic E-state index is 12.4. The van der Waals surface area contributed by atoms with Gasteiger partial charge < -0.3 is 15.1 Å². The Morgan fingerprint density at radius 1 is 1.33 bits per heavy atom. The molecular formula is C13H25N3O2. The van der Waals surface area contributed by atoms with Crippen molar-refractivity contribution in [3.8, 4) is 0 Å². The predicted molar refractivity (Wildman–Crippen MR) is 71.2 cm³/mol. The number of piperidine rings is 1. The Bertz CT molecular complexity index is 286. The second-order valence-electron chi connectivity index (χ2n) is 5.09. The summed E-state index contributed by atoms with van der Waals surface area (Å²) >= 11 is 0. The van der Waals surface area contributed by atoms with Gasteiger partial charge in [-0.05, 0) is 25.8 Å². The molecule has 1 rings (SSSR count). The molecule has 0 spiro atoms. The summed E-state index contributed by atoms with van der Waals surface area (Å²) in [6.45, 7) is 4.63. The highest BCUT2D eigenvalue weighted by Gasteiger charge is 2.26. The van der Waals surface area contributed by atoms with E-state index in [4.69, 9.17) is 0 Å². The van der Waals surface area contributed by atoms with Gasteiger partial charge in [0.1, 0.15) is 0 Å². The fourth-order valence-electron chi connectivity index (χ4n) is 2.16. The molecule has 0 aromatic carbocycles. The first kappa shape index (κ1) is 15.0. The SMILES string of the molecule is CCCN(CC(=O)N(C)C)C(=O)C1CCCNC1. The topological polar surface area (TPSA) is 52.7 Å². The number of nitrogens with one attached hydrogen (secondary N) is 1. The third-order valence-corrected chi connectivity index (χ3v) is 3.28. The van der Waals surface area contributed by atoms with Crippen molar-refractivity contribution in [2.75, 3.05) is 40.3 Å². The molecule has 1 unspecified atom stereocenters. The molecule has 0 aromatic heterocycles. The normalized spacial score (nSPS) is 19.4. The van der Waals surface area contributed by atoms with E-state index in [1.54, 1.807) is 19.0 Å². The Labute approximate surface area is 110 Å². The molecule has 5 heteroatoms. The predicted octanol–water partition coefficient (Wildman–Crippen LogP) is 0.313. The van der Waals surface area contributed by atoms with Gasteiger partial charge in [-0.1, -0.05) is 6.92 Å². The van der Waals surface area contributed by atoms with E-state index in [1.807, 2.05) is 6.92 Å². The molecule has 1 heterocycles. The number of likely N-dealkylation sites (N-methyl/N-ethyl adjacent to an activating group) is 1. The summed E-state index contributed by atoms with van der Waals surface area (Å²) in [7, 11) is 3.44. The number of hydrogen-bond donors (Lipinski definition) is 1. The first-order valence-corrected chi connectivity index (χ1v) is 6.76. The summed E-state index contributed by atoms with van der Waals surface area (Å²) in [5, 5.41) is 3.25. The minimum atomic E-state index is -0.0134. The average Bonchev–Trinajstić information content (AvgIpc) is 2.38. The lowest BCUT2D eigenvalue weighted by Crippen LogP contribution is -2.46. The highest BCUT2D eigenvalue weighted by molar-refractivity contribution is 5.85. The molecule has 1 saturated heterocycles. The maximum Gasteiger partial charge on any atom is 0.241 e. The monoisotopic (exact) mass is 255 g/mol. The van der Waals surface area contributed by atoms with Crippen molar-refractivity contribution >= 4 is 11.8 Å². The van der Waals surface area contributed by atoms with Crippen LogP contribution in [0, 0.1) is 5.92 Å². The van der Waals surface area contributed by atoms with Gasteiger partial charge in [0, 0.05) is 27.2 Å². The molecule has 0 saturated carbocycles. The second kappa shape index (κ2) is 7.36. The Balaban J connectivity index is 2.58. The van der Waals surface area contributed by atoms with Crippen molar-refractivity contribution in [2.24, 2.45) is 5.92 Å². The highest BCUT2D eigenvalue weighted by Crippen LogP contribution is 2.13. The van der Waals surface area contributed by atoms with E-state index in [-0.39, 0.29) is 24.3 Å². The van der Waals surface area contributed by atoms with Crippen LogP contribution in [0.25, 0.3) is 0 Å². The number of carbonyl (C=O) groups excluding carboxylic acids is 2. The molecule has 5 nitrogen and oxygen atoms in total. The molecule has 1 fully saturated rings. The van der Waals surface area contributed by atoms with Crippen LogP contribution in [-0.4, -0.2) is 61.9 Å². The minimum Gasteiger partial charge on any atom is -0.347 e.